The summed E-state index contributed by atoms with van der Waals surface area (Å²) >= 11 is 1.72. The first-order valence-electron chi connectivity index (χ1n) is 5.38. The number of hydrogen-bond donors (Lipinski definition) is 1. The highest BCUT2D eigenvalue weighted by Gasteiger charge is 2.25. The number of ether oxygens (including phenoxy) is 2. The van der Waals surface area contributed by atoms with Crippen LogP contribution in [-0.4, -0.2) is 31.2 Å². The summed E-state index contributed by atoms with van der Waals surface area (Å²) in [5.74, 6) is 0. The molecule has 1 unspecified atom stereocenters. The zero-order valence-corrected chi connectivity index (χ0v) is 10.9. The summed E-state index contributed by atoms with van der Waals surface area (Å²) in [7, 11) is 3.17. The van der Waals surface area contributed by atoms with Gasteiger partial charge in [0.2, 0.25) is 0 Å². The summed E-state index contributed by atoms with van der Waals surface area (Å²) in [6, 6.07) is 4.12. The van der Waals surface area contributed by atoms with Gasteiger partial charge in [0.1, 0.15) is 0 Å². The summed E-state index contributed by atoms with van der Waals surface area (Å²) in [4.78, 5) is 1.30. The third-order valence-corrected chi connectivity index (χ3v) is 3.56. The van der Waals surface area contributed by atoms with E-state index in [-0.39, 0.29) is 6.29 Å². The summed E-state index contributed by atoms with van der Waals surface area (Å²) < 4.78 is 10.2. The van der Waals surface area contributed by atoms with Crippen molar-refractivity contribution in [2.24, 2.45) is 0 Å². The normalized spacial score (nSPS) is 15.3. The third-order valence-electron chi connectivity index (χ3n) is 2.62. The molecular formula is C12H20O3S. The summed E-state index contributed by atoms with van der Waals surface area (Å²) in [5.41, 5.74) is -0.749. The van der Waals surface area contributed by atoms with Gasteiger partial charge in [-0.15, -0.1) is 11.3 Å². The first-order valence-corrected chi connectivity index (χ1v) is 6.26. The van der Waals surface area contributed by atoms with E-state index >= 15 is 0 Å². The molecule has 1 rings (SSSR count). The van der Waals surface area contributed by atoms with Crippen LogP contribution in [0.3, 0.4) is 0 Å². The molecule has 0 saturated heterocycles. The lowest BCUT2D eigenvalue weighted by atomic mass is 9.95. The zero-order chi connectivity index (χ0) is 12.0. The number of hydrogen-bond acceptors (Lipinski definition) is 4. The van der Waals surface area contributed by atoms with Gasteiger partial charge in [-0.05, 0) is 31.2 Å². The Morgan fingerprint density at radius 2 is 2.12 bits per heavy atom. The zero-order valence-electron chi connectivity index (χ0n) is 10.1. The standard InChI is InChI=1S/C12H20O3S/c1-12(13,9-11(14-2)15-3)7-6-10-5-4-8-16-10/h4-5,8,11,13H,6-7,9H2,1-3H3. The van der Waals surface area contributed by atoms with Gasteiger partial charge in [0, 0.05) is 25.5 Å². The first-order chi connectivity index (χ1) is 7.57. The molecule has 1 N–H and O–H groups in total. The molecule has 0 saturated carbocycles. The number of thiophene rings is 1. The van der Waals surface area contributed by atoms with Gasteiger partial charge in [0.15, 0.2) is 6.29 Å². The van der Waals surface area contributed by atoms with E-state index in [4.69, 9.17) is 9.47 Å². The molecule has 1 aromatic heterocycles. The number of aryl methyl sites for hydroxylation is 1. The number of rotatable bonds is 7. The van der Waals surface area contributed by atoms with Crippen LogP contribution >= 0.6 is 11.3 Å². The predicted molar refractivity (Wildman–Crippen MR) is 65.7 cm³/mol. The Kier molecular flexibility index (Phi) is 5.41. The molecule has 0 amide bonds. The average molecular weight is 244 g/mol. The molecule has 0 aliphatic carbocycles. The van der Waals surface area contributed by atoms with Crippen molar-refractivity contribution in [2.75, 3.05) is 14.2 Å². The van der Waals surface area contributed by atoms with Crippen LogP contribution in [0.4, 0.5) is 0 Å². The van der Waals surface area contributed by atoms with Crippen molar-refractivity contribution in [2.45, 2.75) is 38.1 Å². The average Bonchev–Trinajstić information content (AvgIpc) is 2.76. The molecule has 1 heterocycles. The Morgan fingerprint density at radius 3 is 2.62 bits per heavy atom. The highest BCUT2D eigenvalue weighted by Crippen LogP contribution is 2.22. The largest absolute Gasteiger partial charge is 0.390 e. The maximum absolute atomic E-state index is 10.2. The molecule has 0 bridgehead atoms. The van der Waals surface area contributed by atoms with Crippen LogP contribution in [0, 0.1) is 0 Å². The van der Waals surface area contributed by atoms with E-state index in [1.54, 1.807) is 25.6 Å². The van der Waals surface area contributed by atoms with Crippen molar-refractivity contribution < 1.29 is 14.6 Å². The fraction of sp³-hybridized carbons (Fsp3) is 0.667. The molecule has 0 radical (unpaired) electrons. The van der Waals surface area contributed by atoms with Crippen molar-refractivity contribution >= 4 is 11.3 Å². The van der Waals surface area contributed by atoms with Gasteiger partial charge in [-0.25, -0.2) is 0 Å². The van der Waals surface area contributed by atoms with Crippen molar-refractivity contribution in [1.82, 2.24) is 0 Å². The van der Waals surface area contributed by atoms with Crippen LogP contribution in [0.25, 0.3) is 0 Å². The minimum Gasteiger partial charge on any atom is -0.390 e. The van der Waals surface area contributed by atoms with Gasteiger partial charge >= 0.3 is 0 Å². The maximum atomic E-state index is 10.2. The SMILES string of the molecule is COC(CC(C)(O)CCc1cccs1)OC. The highest BCUT2D eigenvalue weighted by atomic mass is 32.1. The van der Waals surface area contributed by atoms with E-state index < -0.39 is 5.60 Å². The van der Waals surface area contributed by atoms with Gasteiger partial charge < -0.3 is 14.6 Å². The topological polar surface area (TPSA) is 38.7 Å². The molecule has 16 heavy (non-hydrogen) atoms. The lowest BCUT2D eigenvalue weighted by molar-refractivity contribution is -0.141. The van der Waals surface area contributed by atoms with Crippen LogP contribution in [0.1, 0.15) is 24.6 Å². The predicted octanol–water partition coefficient (Wildman–Crippen LogP) is 2.44. The summed E-state index contributed by atoms with van der Waals surface area (Å²) in [6.45, 7) is 1.83. The molecule has 0 spiro atoms. The third kappa shape index (κ3) is 4.61. The minimum absolute atomic E-state index is 0.335. The Balaban J connectivity index is 2.38. The van der Waals surface area contributed by atoms with Gasteiger partial charge in [0.05, 0.1) is 5.60 Å². The Morgan fingerprint density at radius 1 is 1.44 bits per heavy atom. The number of methoxy groups -OCH3 is 2. The molecule has 3 nitrogen and oxygen atoms in total. The second-order valence-corrected chi connectivity index (χ2v) is 5.21. The van der Waals surface area contributed by atoms with Crippen molar-refractivity contribution in [1.29, 1.82) is 0 Å². The van der Waals surface area contributed by atoms with Crippen LogP contribution < -0.4 is 0 Å². The van der Waals surface area contributed by atoms with E-state index in [0.29, 0.717) is 6.42 Å². The van der Waals surface area contributed by atoms with Crippen LogP contribution in [0.5, 0.6) is 0 Å². The summed E-state index contributed by atoms with van der Waals surface area (Å²) in [5, 5.41) is 12.2. The highest BCUT2D eigenvalue weighted by molar-refractivity contribution is 7.09. The molecule has 1 aromatic rings. The fourth-order valence-corrected chi connectivity index (χ4v) is 2.28. The molecule has 92 valence electrons. The van der Waals surface area contributed by atoms with Crippen molar-refractivity contribution in [3.63, 3.8) is 0 Å². The Labute approximate surface area is 101 Å². The van der Waals surface area contributed by atoms with E-state index in [9.17, 15) is 5.11 Å². The van der Waals surface area contributed by atoms with E-state index in [1.807, 2.05) is 13.0 Å². The van der Waals surface area contributed by atoms with E-state index in [1.165, 1.54) is 4.88 Å². The lowest BCUT2D eigenvalue weighted by Gasteiger charge is -2.26. The van der Waals surface area contributed by atoms with Crippen LogP contribution in [0.2, 0.25) is 0 Å². The Bertz CT molecular complexity index is 278. The smallest absolute Gasteiger partial charge is 0.159 e. The molecular weight excluding hydrogens is 224 g/mol. The second kappa shape index (κ2) is 6.35. The molecule has 0 aliphatic rings. The quantitative estimate of drug-likeness (QED) is 0.749. The minimum atomic E-state index is -0.749. The molecule has 4 heteroatoms. The van der Waals surface area contributed by atoms with Crippen molar-refractivity contribution in [3.8, 4) is 0 Å². The van der Waals surface area contributed by atoms with Crippen LogP contribution in [-0.2, 0) is 15.9 Å². The second-order valence-electron chi connectivity index (χ2n) is 4.18. The van der Waals surface area contributed by atoms with Crippen LogP contribution in [0.15, 0.2) is 17.5 Å². The van der Waals surface area contributed by atoms with E-state index in [0.717, 1.165) is 12.8 Å². The van der Waals surface area contributed by atoms with Gasteiger partial charge in [-0.2, -0.15) is 0 Å². The molecule has 0 aromatic carbocycles. The monoisotopic (exact) mass is 244 g/mol. The van der Waals surface area contributed by atoms with Crippen molar-refractivity contribution in [3.05, 3.63) is 22.4 Å². The lowest BCUT2D eigenvalue weighted by Crippen LogP contribution is -2.32. The van der Waals surface area contributed by atoms with E-state index in [2.05, 4.69) is 11.4 Å². The number of aliphatic hydroxyl groups is 1. The molecule has 1 atom stereocenters. The Hall–Kier alpha value is -0.420. The first kappa shape index (κ1) is 13.6. The molecule has 0 aliphatic heterocycles. The fourth-order valence-electron chi connectivity index (χ4n) is 1.57. The summed E-state index contributed by atoms with van der Waals surface area (Å²) in [6.07, 6.45) is 1.77. The maximum Gasteiger partial charge on any atom is 0.159 e. The van der Waals surface area contributed by atoms with Gasteiger partial charge in [-0.3, -0.25) is 0 Å². The van der Waals surface area contributed by atoms with Gasteiger partial charge in [0.25, 0.3) is 0 Å². The van der Waals surface area contributed by atoms with Gasteiger partial charge in [-0.1, -0.05) is 6.07 Å². The molecule has 0 fully saturated rings.